The first-order valence-electron chi connectivity index (χ1n) is 6.93. The van der Waals surface area contributed by atoms with Crippen molar-refractivity contribution in [3.8, 4) is 11.4 Å². The molecule has 4 heterocycles. The van der Waals surface area contributed by atoms with Crippen LogP contribution in [-0.4, -0.2) is 24.9 Å². The number of hydrogen-bond acceptors (Lipinski definition) is 5. The number of aromatic amines is 1. The van der Waals surface area contributed by atoms with E-state index in [2.05, 4.69) is 30.2 Å². The van der Waals surface area contributed by atoms with Gasteiger partial charge in [0.05, 0.1) is 17.7 Å². The summed E-state index contributed by atoms with van der Waals surface area (Å²) in [4.78, 5) is 19.6. The van der Waals surface area contributed by atoms with E-state index in [9.17, 15) is 4.39 Å². The number of nitrogens with zero attached hydrogens (tertiary/aromatic N) is 4. The third-order valence-electron chi connectivity index (χ3n) is 3.36. The first-order chi connectivity index (χ1) is 11.3. The van der Waals surface area contributed by atoms with Gasteiger partial charge in [0.2, 0.25) is 0 Å². The minimum atomic E-state index is -0.407. The van der Waals surface area contributed by atoms with Crippen LogP contribution in [0.15, 0.2) is 55.2 Å². The molecule has 7 heteroatoms. The summed E-state index contributed by atoms with van der Waals surface area (Å²) in [5, 5.41) is 3.25. The maximum absolute atomic E-state index is 13.9. The summed E-state index contributed by atoms with van der Waals surface area (Å²) in [6.45, 7) is 0. The van der Waals surface area contributed by atoms with E-state index < -0.39 is 5.82 Å². The summed E-state index contributed by atoms with van der Waals surface area (Å²) in [6.07, 6.45) is 6.42. The Morgan fingerprint density at radius 3 is 2.78 bits per heavy atom. The summed E-state index contributed by atoms with van der Waals surface area (Å²) in [6, 6.07) is 8.27. The van der Waals surface area contributed by atoms with Crippen LogP contribution in [0.2, 0.25) is 0 Å². The predicted molar refractivity (Wildman–Crippen MR) is 84.6 cm³/mol. The molecule has 0 spiro atoms. The Hall–Kier alpha value is -3.35. The molecule has 23 heavy (non-hydrogen) atoms. The molecule has 0 aliphatic heterocycles. The Labute approximate surface area is 130 Å². The lowest BCUT2D eigenvalue weighted by Crippen LogP contribution is -1.96. The van der Waals surface area contributed by atoms with E-state index in [4.69, 9.17) is 0 Å². The van der Waals surface area contributed by atoms with Crippen molar-refractivity contribution in [2.24, 2.45) is 0 Å². The summed E-state index contributed by atoms with van der Waals surface area (Å²) in [7, 11) is 0. The Morgan fingerprint density at radius 2 is 1.87 bits per heavy atom. The molecule has 112 valence electrons. The van der Waals surface area contributed by atoms with Crippen molar-refractivity contribution >= 4 is 22.5 Å². The average molecular weight is 306 g/mol. The number of H-pyrrole nitrogens is 1. The van der Waals surface area contributed by atoms with Crippen LogP contribution in [0.3, 0.4) is 0 Å². The molecule has 0 saturated heterocycles. The fourth-order valence-corrected chi connectivity index (χ4v) is 2.32. The summed E-state index contributed by atoms with van der Waals surface area (Å²) in [5.74, 6) is -0.407. The van der Waals surface area contributed by atoms with Crippen molar-refractivity contribution in [1.82, 2.24) is 24.9 Å². The van der Waals surface area contributed by atoms with Crippen LogP contribution < -0.4 is 5.32 Å². The van der Waals surface area contributed by atoms with Crippen molar-refractivity contribution in [3.63, 3.8) is 0 Å². The smallest absolute Gasteiger partial charge is 0.159 e. The van der Waals surface area contributed by atoms with Gasteiger partial charge in [0, 0.05) is 24.3 Å². The number of fused-ring (bicyclic) bond motifs is 1. The SMILES string of the molecule is Fc1cccnc1-c1cc(Nc2ccnc3[nH]cnc23)ccn1. The van der Waals surface area contributed by atoms with Gasteiger partial charge in [-0.25, -0.2) is 14.4 Å². The highest BCUT2D eigenvalue weighted by atomic mass is 19.1. The maximum atomic E-state index is 13.9. The van der Waals surface area contributed by atoms with Gasteiger partial charge in [0.25, 0.3) is 0 Å². The third kappa shape index (κ3) is 2.48. The molecule has 2 N–H and O–H groups in total. The molecule has 0 amide bonds. The monoisotopic (exact) mass is 306 g/mol. The van der Waals surface area contributed by atoms with Crippen molar-refractivity contribution in [3.05, 3.63) is 61.1 Å². The zero-order valence-corrected chi connectivity index (χ0v) is 11.9. The van der Waals surface area contributed by atoms with Crippen LogP contribution in [0.4, 0.5) is 15.8 Å². The highest BCUT2D eigenvalue weighted by molar-refractivity contribution is 5.87. The largest absolute Gasteiger partial charge is 0.353 e. The average Bonchev–Trinajstić information content (AvgIpc) is 3.05. The zero-order chi connectivity index (χ0) is 15.6. The molecule has 0 atom stereocenters. The van der Waals surface area contributed by atoms with Crippen LogP contribution in [-0.2, 0) is 0 Å². The lowest BCUT2D eigenvalue weighted by molar-refractivity contribution is 0.625. The Balaban J connectivity index is 1.72. The van der Waals surface area contributed by atoms with Crippen LogP contribution in [0.5, 0.6) is 0 Å². The molecular formula is C16H11FN6. The number of rotatable bonds is 3. The van der Waals surface area contributed by atoms with E-state index in [0.717, 1.165) is 16.9 Å². The highest BCUT2D eigenvalue weighted by Crippen LogP contribution is 2.25. The molecule has 0 bridgehead atoms. The number of anilines is 2. The molecular weight excluding hydrogens is 295 g/mol. The third-order valence-corrected chi connectivity index (χ3v) is 3.36. The van der Waals surface area contributed by atoms with Crippen molar-refractivity contribution in [2.75, 3.05) is 5.32 Å². The van der Waals surface area contributed by atoms with Crippen LogP contribution in [0, 0.1) is 5.82 Å². The molecule has 0 unspecified atom stereocenters. The van der Waals surface area contributed by atoms with Gasteiger partial charge in [-0.15, -0.1) is 0 Å². The molecule has 0 aromatic carbocycles. The first kappa shape index (κ1) is 13.3. The Morgan fingerprint density at radius 1 is 0.957 bits per heavy atom. The molecule has 0 fully saturated rings. The van der Waals surface area contributed by atoms with Gasteiger partial charge in [0.15, 0.2) is 11.5 Å². The molecule has 0 aliphatic rings. The van der Waals surface area contributed by atoms with Gasteiger partial charge in [-0.2, -0.15) is 0 Å². The normalized spacial score (nSPS) is 10.8. The second-order valence-corrected chi connectivity index (χ2v) is 4.85. The van der Waals surface area contributed by atoms with E-state index in [0.29, 0.717) is 11.3 Å². The van der Waals surface area contributed by atoms with Crippen LogP contribution >= 0.6 is 0 Å². The van der Waals surface area contributed by atoms with Gasteiger partial charge in [-0.1, -0.05) is 0 Å². The number of pyridine rings is 3. The summed E-state index contributed by atoms with van der Waals surface area (Å²) < 4.78 is 13.9. The summed E-state index contributed by atoms with van der Waals surface area (Å²) >= 11 is 0. The molecule has 4 aromatic heterocycles. The second kappa shape index (κ2) is 5.45. The fraction of sp³-hybridized carbons (Fsp3) is 0. The fourth-order valence-electron chi connectivity index (χ4n) is 2.32. The highest BCUT2D eigenvalue weighted by Gasteiger charge is 2.09. The minimum Gasteiger partial charge on any atom is -0.353 e. The minimum absolute atomic E-state index is 0.218. The first-order valence-corrected chi connectivity index (χ1v) is 6.93. The van der Waals surface area contributed by atoms with Gasteiger partial charge in [-0.05, 0) is 30.3 Å². The second-order valence-electron chi connectivity index (χ2n) is 4.85. The summed E-state index contributed by atoms with van der Waals surface area (Å²) in [5.41, 5.74) is 3.66. The molecule has 4 rings (SSSR count). The maximum Gasteiger partial charge on any atom is 0.159 e. The predicted octanol–water partition coefficient (Wildman–Crippen LogP) is 3.30. The van der Waals surface area contributed by atoms with Gasteiger partial charge in [0.1, 0.15) is 11.2 Å². The topological polar surface area (TPSA) is 79.4 Å². The van der Waals surface area contributed by atoms with Crippen molar-refractivity contribution in [2.45, 2.75) is 0 Å². The molecule has 0 saturated carbocycles. The molecule has 4 aromatic rings. The van der Waals surface area contributed by atoms with Gasteiger partial charge in [-0.3, -0.25) is 9.97 Å². The van der Waals surface area contributed by atoms with E-state index in [-0.39, 0.29) is 5.69 Å². The van der Waals surface area contributed by atoms with E-state index >= 15 is 0 Å². The van der Waals surface area contributed by atoms with E-state index in [1.54, 1.807) is 36.9 Å². The zero-order valence-electron chi connectivity index (χ0n) is 11.9. The molecule has 0 aliphatic carbocycles. The van der Waals surface area contributed by atoms with E-state index in [1.807, 2.05) is 6.07 Å². The standard InChI is InChI=1S/C16H11FN6/c17-11-2-1-5-19-14(11)13-8-10(3-6-18-13)23-12-4-7-20-16-15(12)21-9-22-16/h1-9H,(H2,18,20,21,22,23). The molecule has 0 radical (unpaired) electrons. The number of aromatic nitrogens is 5. The van der Waals surface area contributed by atoms with Gasteiger partial charge >= 0.3 is 0 Å². The lowest BCUT2D eigenvalue weighted by Gasteiger charge is -2.08. The number of nitrogens with one attached hydrogen (secondary N) is 2. The quantitative estimate of drug-likeness (QED) is 0.607. The Bertz CT molecular complexity index is 981. The van der Waals surface area contributed by atoms with Crippen LogP contribution in [0.1, 0.15) is 0 Å². The number of hydrogen-bond donors (Lipinski definition) is 2. The lowest BCUT2D eigenvalue weighted by atomic mass is 10.2. The van der Waals surface area contributed by atoms with E-state index in [1.165, 1.54) is 12.3 Å². The molecule has 6 nitrogen and oxygen atoms in total. The van der Waals surface area contributed by atoms with Gasteiger partial charge < -0.3 is 10.3 Å². The van der Waals surface area contributed by atoms with Crippen molar-refractivity contribution < 1.29 is 4.39 Å². The van der Waals surface area contributed by atoms with Crippen molar-refractivity contribution in [1.29, 1.82) is 0 Å². The van der Waals surface area contributed by atoms with Crippen LogP contribution in [0.25, 0.3) is 22.6 Å². The number of halogens is 1. The number of imidazole rings is 1. The Kier molecular flexibility index (Phi) is 3.16.